The van der Waals surface area contributed by atoms with Gasteiger partial charge >= 0.3 is 0 Å². The Bertz CT molecular complexity index is 313. The Labute approximate surface area is 106 Å². The molecule has 0 fully saturated rings. The first-order valence-electron chi connectivity index (χ1n) is 4.88. The lowest BCUT2D eigenvalue weighted by atomic mass is 10.2. The van der Waals surface area contributed by atoms with Crippen LogP contribution in [0, 0.1) is 0 Å². The summed E-state index contributed by atoms with van der Waals surface area (Å²) in [4.78, 5) is 0. The van der Waals surface area contributed by atoms with Crippen LogP contribution in [0.2, 0.25) is 10.0 Å². The molecule has 0 heterocycles. The molecule has 0 aromatic heterocycles. The Morgan fingerprint density at radius 3 is 2.73 bits per heavy atom. The van der Waals surface area contributed by atoms with Gasteiger partial charge in [-0.05, 0) is 43.7 Å². The Kier molecular flexibility index (Phi) is 5.77. The Morgan fingerprint density at radius 2 is 2.07 bits per heavy atom. The Morgan fingerprint density at radius 1 is 1.33 bits per heavy atom. The van der Waals surface area contributed by atoms with E-state index in [2.05, 4.69) is 5.32 Å². The van der Waals surface area contributed by atoms with Crippen LogP contribution < -0.4 is 5.32 Å². The summed E-state index contributed by atoms with van der Waals surface area (Å²) in [5.74, 6) is 0. The number of rotatable bonds is 5. The molecular formula is C11H14Cl3N. The molecule has 15 heavy (non-hydrogen) atoms. The van der Waals surface area contributed by atoms with Gasteiger partial charge in [0.1, 0.15) is 0 Å². The highest BCUT2D eigenvalue weighted by atomic mass is 35.5. The zero-order valence-electron chi connectivity index (χ0n) is 8.56. The van der Waals surface area contributed by atoms with Gasteiger partial charge in [-0.15, -0.1) is 11.6 Å². The van der Waals surface area contributed by atoms with Crippen molar-refractivity contribution in [3.63, 3.8) is 0 Å². The number of nitrogens with one attached hydrogen (secondary N) is 1. The molecule has 0 saturated carbocycles. The maximum atomic E-state index is 6.01. The van der Waals surface area contributed by atoms with Gasteiger partial charge in [-0.25, -0.2) is 0 Å². The van der Waals surface area contributed by atoms with Gasteiger partial charge in [0.15, 0.2) is 0 Å². The summed E-state index contributed by atoms with van der Waals surface area (Å²) in [7, 11) is 0. The third-order valence-electron chi connectivity index (χ3n) is 2.04. The molecule has 0 amide bonds. The predicted octanol–water partition coefficient (Wildman–Crippen LogP) is 4.10. The smallest absolute Gasteiger partial charge is 0.0451 e. The van der Waals surface area contributed by atoms with Crippen molar-refractivity contribution in [3.8, 4) is 0 Å². The lowest BCUT2D eigenvalue weighted by Crippen LogP contribution is -2.17. The van der Waals surface area contributed by atoms with Crippen LogP contribution in [0.3, 0.4) is 0 Å². The summed E-state index contributed by atoms with van der Waals surface area (Å²) in [5, 5.41) is 4.93. The lowest BCUT2D eigenvalue weighted by Gasteiger charge is -2.07. The molecule has 0 saturated heterocycles. The van der Waals surface area contributed by atoms with Gasteiger partial charge in [-0.2, -0.15) is 0 Å². The van der Waals surface area contributed by atoms with Crippen molar-refractivity contribution in [2.24, 2.45) is 0 Å². The molecule has 0 aliphatic carbocycles. The number of benzene rings is 1. The summed E-state index contributed by atoms with van der Waals surface area (Å²) in [6.07, 6.45) is 0.944. The first-order valence-corrected chi connectivity index (χ1v) is 6.07. The second-order valence-electron chi connectivity index (χ2n) is 3.48. The number of alkyl halides is 1. The van der Waals surface area contributed by atoms with Gasteiger partial charge < -0.3 is 5.32 Å². The van der Waals surface area contributed by atoms with E-state index >= 15 is 0 Å². The van der Waals surface area contributed by atoms with Crippen molar-refractivity contribution in [2.45, 2.75) is 25.3 Å². The van der Waals surface area contributed by atoms with Crippen molar-refractivity contribution >= 4 is 34.8 Å². The number of hydrogen-bond acceptors (Lipinski definition) is 1. The molecule has 0 spiro atoms. The molecule has 0 bridgehead atoms. The Hall–Kier alpha value is 0.0500. The summed E-state index contributed by atoms with van der Waals surface area (Å²) in [5.41, 5.74) is 1.02. The average Bonchev–Trinajstić information content (AvgIpc) is 2.17. The standard InChI is InChI=1S/C11H14Cl3N/c1-8(12)4-5-15-7-9-6-10(13)2-3-11(9)14/h2-3,6,8,15H,4-5,7H2,1H3. The Balaban J connectivity index is 2.40. The molecule has 0 radical (unpaired) electrons. The molecule has 1 N–H and O–H groups in total. The molecule has 84 valence electrons. The van der Waals surface area contributed by atoms with Crippen LogP contribution in [-0.4, -0.2) is 11.9 Å². The van der Waals surface area contributed by atoms with Gasteiger partial charge in [-0.3, -0.25) is 0 Å². The van der Waals surface area contributed by atoms with Gasteiger partial charge in [0.05, 0.1) is 0 Å². The van der Waals surface area contributed by atoms with Crippen LogP contribution in [0.4, 0.5) is 0 Å². The van der Waals surface area contributed by atoms with Gasteiger partial charge in [-0.1, -0.05) is 23.2 Å². The van der Waals surface area contributed by atoms with E-state index in [9.17, 15) is 0 Å². The minimum atomic E-state index is 0.201. The lowest BCUT2D eigenvalue weighted by molar-refractivity contribution is 0.645. The van der Waals surface area contributed by atoms with E-state index in [-0.39, 0.29) is 5.38 Å². The van der Waals surface area contributed by atoms with E-state index in [1.165, 1.54) is 0 Å². The molecule has 1 aromatic carbocycles. The summed E-state index contributed by atoms with van der Waals surface area (Å²) in [6.45, 7) is 3.59. The van der Waals surface area contributed by atoms with Crippen molar-refractivity contribution in [1.29, 1.82) is 0 Å². The second kappa shape index (κ2) is 6.59. The molecule has 0 aliphatic rings. The van der Waals surface area contributed by atoms with Crippen LogP contribution in [0.15, 0.2) is 18.2 Å². The summed E-state index contributed by atoms with van der Waals surface area (Å²) < 4.78 is 0. The fourth-order valence-electron chi connectivity index (χ4n) is 1.20. The molecule has 1 rings (SSSR count). The molecule has 1 unspecified atom stereocenters. The van der Waals surface area contributed by atoms with Crippen LogP contribution in [0.5, 0.6) is 0 Å². The van der Waals surface area contributed by atoms with Crippen molar-refractivity contribution < 1.29 is 0 Å². The monoisotopic (exact) mass is 265 g/mol. The largest absolute Gasteiger partial charge is 0.313 e. The van der Waals surface area contributed by atoms with Crippen LogP contribution >= 0.6 is 34.8 Å². The number of halogens is 3. The first-order chi connectivity index (χ1) is 7.09. The van der Waals surface area contributed by atoms with E-state index < -0.39 is 0 Å². The average molecular weight is 267 g/mol. The highest BCUT2D eigenvalue weighted by Crippen LogP contribution is 2.20. The zero-order chi connectivity index (χ0) is 11.3. The zero-order valence-corrected chi connectivity index (χ0v) is 10.8. The molecule has 4 heteroatoms. The minimum Gasteiger partial charge on any atom is -0.313 e. The second-order valence-corrected chi connectivity index (χ2v) is 5.07. The van der Waals surface area contributed by atoms with Crippen LogP contribution in [-0.2, 0) is 6.54 Å². The quantitative estimate of drug-likeness (QED) is 0.625. The summed E-state index contributed by atoms with van der Waals surface area (Å²) >= 11 is 17.7. The number of hydrogen-bond donors (Lipinski definition) is 1. The van der Waals surface area contributed by atoms with E-state index in [1.807, 2.05) is 19.1 Å². The fraction of sp³-hybridized carbons (Fsp3) is 0.455. The van der Waals surface area contributed by atoms with Gasteiger partial charge in [0, 0.05) is 22.0 Å². The normalized spacial score (nSPS) is 12.8. The van der Waals surface area contributed by atoms with Crippen LogP contribution in [0.1, 0.15) is 18.9 Å². The highest BCUT2D eigenvalue weighted by molar-refractivity contribution is 6.33. The van der Waals surface area contributed by atoms with E-state index in [4.69, 9.17) is 34.8 Å². The van der Waals surface area contributed by atoms with Crippen LogP contribution in [0.25, 0.3) is 0 Å². The van der Waals surface area contributed by atoms with Crippen molar-refractivity contribution in [1.82, 2.24) is 5.32 Å². The van der Waals surface area contributed by atoms with Crippen molar-refractivity contribution in [2.75, 3.05) is 6.54 Å². The minimum absolute atomic E-state index is 0.201. The SMILES string of the molecule is CC(Cl)CCNCc1cc(Cl)ccc1Cl. The maximum Gasteiger partial charge on any atom is 0.0451 e. The molecule has 1 aromatic rings. The third kappa shape index (κ3) is 5.07. The topological polar surface area (TPSA) is 12.0 Å². The van der Waals surface area contributed by atoms with E-state index in [0.29, 0.717) is 5.02 Å². The van der Waals surface area contributed by atoms with Crippen molar-refractivity contribution in [3.05, 3.63) is 33.8 Å². The maximum absolute atomic E-state index is 6.01. The molecule has 1 atom stereocenters. The van der Waals surface area contributed by atoms with E-state index in [1.54, 1.807) is 6.07 Å². The van der Waals surface area contributed by atoms with E-state index in [0.717, 1.165) is 30.1 Å². The highest BCUT2D eigenvalue weighted by Gasteiger charge is 2.01. The molecular weight excluding hydrogens is 252 g/mol. The third-order valence-corrected chi connectivity index (χ3v) is 2.86. The van der Waals surface area contributed by atoms with Gasteiger partial charge in [0.25, 0.3) is 0 Å². The molecule has 1 nitrogen and oxygen atoms in total. The first kappa shape index (κ1) is 13.1. The summed E-state index contributed by atoms with van der Waals surface area (Å²) in [6, 6.07) is 5.47. The fourth-order valence-corrected chi connectivity index (χ4v) is 1.69. The van der Waals surface area contributed by atoms with Gasteiger partial charge in [0.2, 0.25) is 0 Å². The molecule has 0 aliphatic heterocycles. The predicted molar refractivity (Wildman–Crippen MR) is 68.1 cm³/mol.